The summed E-state index contributed by atoms with van der Waals surface area (Å²) in [6.07, 6.45) is 0. The van der Waals surface area contributed by atoms with Crippen LogP contribution in [0.5, 0.6) is 0 Å². The Hall–Kier alpha value is -5.74. The smallest absolute Gasteiger partial charge is 0.0930 e. The van der Waals surface area contributed by atoms with Crippen LogP contribution in [0.3, 0.4) is 0 Å². The minimum absolute atomic E-state index is 0.154. The Kier molecular flexibility index (Phi) is 6.65. The van der Waals surface area contributed by atoms with Gasteiger partial charge in [0.15, 0.2) is 0 Å². The SMILES string of the molecule is CC(C)(C)c1nc2ccccc2nc1-c1ccc(N(c2ccccc2)c2ccc(-n3c4ccccc4c4ccccc43)cc2)cc1. The third kappa shape index (κ3) is 4.79. The number of nitrogens with zero attached hydrogens (tertiary/aromatic N) is 4. The van der Waals surface area contributed by atoms with Crippen molar-refractivity contribution in [3.8, 4) is 16.9 Å². The molecular formula is C42H34N4. The normalized spacial score (nSPS) is 11.8. The van der Waals surface area contributed by atoms with Crippen molar-refractivity contribution >= 4 is 49.9 Å². The van der Waals surface area contributed by atoms with Crippen LogP contribution in [0.25, 0.3) is 49.8 Å². The summed E-state index contributed by atoms with van der Waals surface area (Å²) in [4.78, 5) is 12.5. The van der Waals surface area contributed by atoms with E-state index in [-0.39, 0.29) is 5.41 Å². The number of anilines is 3. The molecule has 8 rings (SSSR count). The topological polar surface area (TPSA) is 34.0 Å². The predicted molar refractivity (Wildman–Crippen MR) is 193 cm³/mol. The van der Waals surface area contributed by atoms with E-state index in [9.17, 15) is 0 Å². The van der Waals surface area contributed by atoms with Crippen LogP contribution in [-0.4, -0.2) is 14.5 Å². The van der Waals surface area contributed by atoms with Gasteiger partial charge < -0.3 is 9.47 Å². The fraction of sp³-hybridized carbons (Fsp3) is 0.0952. The van der Waals surface area contributed by atoms with Gasteiger partial charge in [-0.25, -0.2) is 9.97 Å². The summed E-state index contributed by atoms with van der Waals surface area (Å²) in [5, 5.41) is 2.53. The molecular weight excluding hydrogens is 560 g/mol. The highest BCUT2D eigenvalue weighted by Crippen LogP contribution is 2.38. The number of fused-ring (bicyclic) bond motifs is 4. The van der Waals surface area contributed by atoms with Gasteiger partial charge in [-0.2, -0.15) is 0 Å². The molecule has 2 aromatic heterocycles. The molecule has 4 heteroatoms. The molecule has 0 aliphatic carbocycles. The van der Waals surface area contributed by atoms with Crippen LogP contribution in [0.2, 0.25) is 0 Å². The van der Waals surface area contributed by atoms with Crippen LogP contribution in [0, 0.1) is 0 Å². The van der Waals surface area contributed by atoms with E-state index in [1.807, 2.05) is 24.3 Å². The maximum atomic E-state index is 5.10. The first kappa shape index (κ1) is 27.8. The zero-order valence-electron chi connectivity index (χ0n) is 26.2. The zero-order chi connectivity index (χ0) is 31.3. The lowest BCUT2D eigenvalue weighted by molar-refractivity contribution is 0.571. The van der Waals surface area contributed by atoms with Gasteiger partial charge in [0.05, 0.1) is 33.5 Å². The maximum Gasteiger partial charge on any atom is 0.0930 e. The molecule has 4 nitrogen and oxygen atoms in total. The molecule has 6 aromatic carbocycles. The van der Waals surface area contributed by atoms with Crippen molar-refractivity contribution in [2.75, 3.05) is 4.90 Å². The van der Waals surface area contributed by atoms with Crippen molar-refractivity contribution in [2.24, 2.45) is 0 Å². The molecule has 2 heterocycles. The standard InChI is InChI=1S/C42H34N4/c1-42(2,3)41-40(43-36-17-9-10-18-37(36)44-41)29-21-23-31(24-22-29)45(30-13-5-4-6-14-30)32-25-27-33(28-26-32)46-38-19-11-7-15-34(38)35-16-8-12-20-39(35)46/h4-28H,1-3H3. The second kappa shape index (κ2) is 11.0. The average Bonchev–Trinajstić information content (AvgIpc) is 3.43. The highest BCUT2D eigenvalue weighted by molar-refractivity contribution is 6.09. The molecule has 0 unspecified atom stereocenters. The van der Waals surface area contributed by atoms with Crippen molar-refractivity contribution in [2.45, 2.75) is 26.2 Å². The van der Waals surface area contributed by atoms with E-state index in [0.717, 1.165) is 50.7 Å². The minimum atomic E-state index is -0.154. The minimum Gasteiger partial charge on any atom is -0.311 e. The first-order valence-corrected chi connectivity index (χ1v) is 15.8. The Morgan fingerprint density at radius 2 is 0.957 bits per heavy atom. The van der Waals surface area contributed by atoms with Crippen molar-refractivity contribution in [3.63, 3.8) is 0 Å². The lowest BCUT2D eigenvalue weighted by atomic mass is 9.88. The third-order valence-corrected chi connectivity index (χ3v) is 8.64. The lowest BCUT2D eigenvalue weighted by Crippen LogP contribution is -2.16. The number of rotatable bonds is 5. The Morgan fingerprint density at radius 1 is 0.478 bits per heavy atom. The number of para-hydroxylation sites is 5. The van der Waals surface area contributed by atoms with Gasteiger partial charge in [0.1, 0.15) is 0 Å². The summed E-state index contributed by atoms with van der Waals surface area (Å²) >= 11 is 0. The van der Waals surface area contributed by atoms with Gasteiger partial charge in [-0.05, 0) is 72.8 Å². The maximum absolute atomic E-state index is 5.10. The van der Waals surface area contributed by atoms with E-state index in [4.69, 9.17) is 9.97 Å². The highest BCUT2D eigenvalue weighted by atomic mass is 15.1. The van der Waals surface area contributed by atoms with Crippen LogP contribution in [0.1, 0.15) is 26.5 Å². The quantitative estimate of drug-likeness (QED) is 0.199. The first-order chi connectivity index (χ1) is 22.5. The predicted octanol–water partition coefficient (Wildman–Crippen LogP) is 11.2. The molecule has 0 bridgehead atoms. The number of hydrogen-bond acceptors (Lipinski definition) is 3. The molecule has 8 aromatic rings. The first-order valence-electron chi connectivity index (χ1n) is 15.8. The fourth-order valence-corrected chi connectivity index (χ4v) is 6.47. The fourth-order valence-electron chi connectivity index (χ4n) is 6.47. The Morgan fingerprint density at radius 3 is 1.54 bits per heavy atom. The Bertz CT molecular complexity index is 2270. The summed E-state index contributed by atoms with van der Waals surface area (Å²) in [6, 6.07) is 53.5. The second-order valence-electron chi connectivity index (χ2n) is 12.8. The largest absolute Gasteiger partial charge is 0.311 e. The Labute approximate surface area is 269 Å². The summed E-state index contributed by atoms with van der Waals surface area (Å²) in [7, 11) is 0. The Balaban J connectivity index is 1.21. The number of hydrogen-bond donors (Lipinski definition) is 0. The van der Waals surface area contributed by atoms with Gasteiger partial charge in [-0.1, -0.05) is 99.6 Å². The van der Waals surface area contributed by atoms with E-state index in [0.29, 0.717) is 0 Å². The molecule has 0 atom stereocenters. The molecule has 0 saturated heterocycles. The van der Waals surface area contributed by atoms with Crippen LogP contribution < -0.4 is 4.90 Å². The summed E-state index contributed by atoms with van der Waals surface area (Å²) < 4.78 is 2.35. The molecule has 222 valence electrons. The number of benzene rings is 6. The second-order valence-corrected chi connectivity index (χ2v) is 12.8. The lowest BCUT2D eigenvalue weighted by Gasteiger charge is -2.26. The highest BCUT2D eigenvalue weighted by Gasteiger charge is 2.23. The van der Waals surface area contributed by atoms with Crippen LogP contribution in [-0.2, 0) is 5.41 Å². The molecule has 0 saturated carbocycles. The van der Waals surface area contributed by atoms with E-state index in [2.05, 4.69) is 158 Å². The molecule has 0 spiro atoms. The third-order valence-electron chi connectivity index (χ3n) is 8.64. The summed E-state index contributed by atoms with van der Waals surface area (Å²) in [6.45, 7) is 6.59. The van der Waals surface area contributed by atoms with E-state index >= 15 is 0 Å². The molecule has 46 heavy (non-hydrogen) atoms. The van der Waals surface area contributed by atoms with Gasteiger partial charge >= 0.3 is 0 Å². The zero-order valence-corrected chi connectivity index (χ0v) is 26.2. The van der Waals surface area contributed by atoms with Crippen LogP contribution >= 0.6 is 0 Å². The van der Waals surface area contributed by atoms with Gasteiger partial charge in [0.25, 0.3) is 0 Å². The molecule has 0 radical (unpaired) electrons. The molecule has 0 fully saturated rings. The number of aromatic nitrogens is 3. The van der Waals surface area contributed by atoms with E-state index in [1.54, 1.807) is 0 Å². The summed E-state index contributed by atoms with van der Waals surface area (Å²) in [5.41, 5.74) is 11.5. The van der Waals surface area contributed by atoms with Gasteiger partial charge in [-0.15, -0.1) is 0 Å². The van der Waals surface area contributed by atoms with E-state index in [1.165, 1.54) is 21.8 Å². The summed E-state index contributed by atoms with van der Waals surface area (Å²) in [5.74, 6) is 0. The molecule has 0 aliphatic rings. The molecule has 0 aliphatic heterocycles. The molecule has 0 amide bonds. The van der Waals surface area contributed by atoms with E-state index < -0.39 is 0 Å². The van der Waals surface area contributed by atoms with Crippen molar-refractivity contribution in [1.29, 1.82) is 0 Å². The average molecular weight is 595 g/mol. The molecule has 0 N–H and O–H groups in total. The van der Waals surface area contributed by atoms with Gasteiger partial charge in [0, 0.05) is 44.5 Å². The van der Waals surface area contributed by atoms with Crippen molar-refractivity contribution in [1.82, 2.24) is 14.5 Å². The monoisotopic (exact) mass is 594 g/mol. The van der Waals surface area contributed by atoms with Crippen molar-refractivity contribution < 1.29 is 0 Å². The van der Waals surface area contributed by atoms with Crippen molar-refractivity contribution in [3.05, 3.63) is 157 Å². The van der Waals surface area contributed by atoms with Crippen LogP contribution in [0.15, 0.2) is 152 Å². The van der Waals surface area contributed by atoms with Gasteiger partial charge in [0.2, 0.25) is 0 Å². The van der Waals surface area contributed by atoms with Gasteiger partial charge in [-0.3, -0.25) is 0 Å². The van der Waals surface area contributed by atoms with Crippen LogP contribution in [0.4, 0.5) is 17.1 Å².